The first kappa shape index (κ1) is 11.6. The lowest BCUT2D eigenvalue weighted by Gasteiger charge is -2.27. The first-order valence-electron chi connectivity index (χ1n) is 6.49. The number of rotatable bonds is 2. The van der Waals surface area contributed by atoms with Crippen molar-refractivity contribution in [2.24, 2.45) is 0 Å². The second-order valence-corrected chi connectivity index (χ2v) is 4.89. The van der Waals surface area contributed by atoms with Crippen molar-refractivity contribution in [1.29, 1.82) is 0 Å². The van der Waals surface area contributed by atoms with Crippen LogP contribution in [-0.2, 0) is 9.53 Å². The summed E-state index contributed by atoms with van der Waals surface area (Å²) in [5.41, 5.74) is 1.06. The summed E-state index contributed by atoms with van der Waals surface area (Å²) < 4.78 is 5.39. The van der Waals surface area contributed by atoms with Crippen molar-refractivity contribution in [3.63, 3.8) is 0 Å². The summed E-state index contributed by atoms with van der Waals surface area (Å²) in [6.07, 6.45) is 3.92. The molecule has 2 aliphatic heterocycles. The van der Waals surface area contributed by atoms with Crippen molar-refractivity contribution in [2.75, 3.05) is 31.2 Å². The standard InChI is InChI=1S/C13H17N3O2/c17-11-1-4-16(5-2-11)13-7-12(14-9-15-13)10-3-6-18-8-10/h7,9-10H,1-6,8H2. The van der Waals surface area contributed by atoms with E-state index in [1.807, 2.05) is 0 Å². The second-order valence-electron chi connectivity index (χ2n) is 4.89. The zero-order chi connectivity index (χ0) is 12.4. The zero-order valence-electron chi connectivity index (χ0n) is 10.3. The van der Waals surface area contributed by atoms with E-state index in [9.17, 15) is 4.79 Å². The Hall–Kier alpha value is -1.49. The van der Waals surface area contributed by atoms with Crippen molar-refractivity contribution in [3.05, 3.63) is 18.1 Å². The summed E-state index contributed by atoms with van der Waals surface area (Å²) in [5, 5.41) is 0. The third kappa shape index (κ3) is 2.36. The molecule has 2 aliphatic rings. The van der Waals surface area contributed by atoms with E-state index < -0.39 is 0 Å². The second kappa shape index (κ2) is 5.02. The SMILES string of the molecule is O=C1CCN(c2cc(C3CCOC3)ncn2)CC1. The van der Waals surface area contributed by atoms with Crippen LogP contribution in [0.4, 0.5) is 5.82 Å². The molecule has 96 valence electrons. The van der Waals surface area contributed by atoms with E-state index in [2.05, 4.69) is 20.9 Å². The average molecular weight is 247 g/mol. The molecule has 0 spiro atoms. The van der Waals surface area contributed by atoms with Gasteiger partial charge >= 0.3 is 0 Å². The molecule has 0 saturated carbocycles. The van der Waals surface area contributed by atoms with Gasteiger partial charge in [0.2, 0.25) is 0 Å². The van der Waals surface area contributed by atoms with Crippen molar-refractivity contribution < 1.29 is 9.53 Å². The molecule has 3 rings (SSSR count). The largest absolute Gasteiger partial charge is 0.381 e. The Kier molecular flexibility index (Phi) is 3.23. The van der Waals surface area contributed by atoms with Gasteiger partial charge in [-0.3, -0.25) is 4.79 Å². The van der Waals surface area contributed by atoms with Crippen LogP contribution in [0.15, 0.2) is 12.4 Å². The first-order chi connectivity index (χ1) is 8.83. The third-order valence-corrected chi connectivity index (χ3v) is 3.67. The third-order valence-electron chi connectivity index (χ3n) is 3.67. The number of anilines is 1. The first-order valence-corrected chi connectivity index (χ1v) is 6.49. The number of Topliss-reactive ketones (excluding diaryl/α,β-unsaturated/α-hetero) is 1. The highest BCUT2D eigenvalue weighted by Crippen LogP contribution is 2.26. The summed E-state index contributed by atoms with van der Waals surface area (Å²) in [4.78, 5) is 22.1. The van der Waals surface area contributed by atoms with Crippen LogP contribution in [0, 0.1) is 0 Å². The molecule has 2 saturated heterocycles. The lowest BCUT2D eigenvalue weighted by atomic mass is 10.0. The monoisotopic (exact) mass is 247 g/mol. The van der Waals surface area contributed by atoms with Crippen LogP contribution < -0.4 is 4.90 Å². The van der Waals surface area contributed by atoms with E-state index in [0.29, 0.717) is 24.5 Å². The number of ether oxygens (including phenoxy) is 1. The van der Waals surface area contributed by atoms with Gasteiger partial charge in [-0.25, -0.2) is 9.97 Å². The molecule has 0 aromatic carbocycles. The Morgan fingerprint density at radius 2 is 2.11 bits per heavy atom. The highest BCUT2D eigenvalue weighted by molar-refractivity contribution is 5.80. The van der Waals surface area contributed by atoms with Crippen LogP contribution in [0.25, 0.3) is 0 Å². The maximum atomic E-state index is 11.2. The summed E-state index contributed by atoms with van der Waals surface area (Å²) in [5.74, 6) is 1.70. The minimum absolute atomic E-state index is 0.352. The molecule has 0 radical (unpaired) electrons. The van der Waals surface area contributed by atoms with Crippen LogP contribution in [0.2, 0.25) is 0 Å². The van der Waals surface area contributed by atoms with Gasteiger partial charge in [0.25, 0.3) is 0 Å². The minimum Gasteiger partial charge on any atom is -0.381 e. The number of aromatic nitrogens is 2. The number of carbonyl (C=O) groups is 1. The highest BCUT2D eigenvalue weighted by atomic mass is 16.5. The molecule has 1 unspecified atom stereocenters. The smallest absolute Gasteiger partial charge is 0.136 e. The fourth-order valence-corrected chi connectivity index (χ4v) is 2.51. The molecule has 0 N–H and O–H groups in total. The number of carbonyl (C=O) groups excluding carboxylic acids is 1. The lowest BCUT2D eigenvalue weighted by molar-refractivity contribution is -0.119. The maximum Gasteiger partial charge on any atom is 0.136 e. The number of piperidine rings is 1. The van der Waals surface area contributed by atoms with Crippen LogP contribution in [0.3, 0.4) is 0 Å². The van der Waals surface area contributed by atoms with Crippen molar-refractivity contribution >= 4 is 11.6 Å². The van der Waals surface area contributed by atoms with E-state index in [0.717, 1.165) is 44.2 Å². The molecule has 1 atom stereocenters. The molecule has 1 aromatic heterocycles. The molecule has 0 bridgehead atoms. The van der Waals surface area contributed by atoms with Crippen LogP contribution in [0.5, 0.6) is 0 Å². The topological polar surface area (TPSA) is 55.3 Å². The van der Waals surface area contributed by atoms with Gasteiger partial charge in [-0.2, -0.15) is 0 Å². The minimum atomic E-state index is 0.352. The fourth-order valence-electron chi connectivity index (χ4n) is 2.51. The molecule has 2 fully saturated rings. The summed E-state index contributed by atoms with van der Waals surface area (Å²) in [7, 11) is 0. The molecule has 5 nitrogen and oxygen atoms in total. The Labute approximate surface area is 106 Å². The highest BCUT2D eigenvalue weighted by Gasteiger charge is 2.22. The Morgan fingerprint density at radius 1 is 1.28 bits per heavy atom. The van der Waals surface area contributed by atoms with Crippen molar-refractivity contribution in [3.8, 4) is 0 Å². The van der Waals surface area contributed by atoms with Crippen LogP contribution >= 0.6 is 0 Å². The predicted molar refractivity (Wildman–Crippen MR) is 66.7 cm³/mol. The van der Waals surface area contributed by atoms with Gasteiger partial charge in [0.1, 0.15) is 17.9 Å². The number of hydrogen-bond acceptors (Lipinski definition) is 5. The summed E-state index contributed by atoms with van der Waals surface area (Å²) in [6.45, 7) is 3.13. The Bertz CT molecular complexity index is 434. The van der Waals surface area contributed by atoms with Gasteiger partial charge in [-0.1, -0.05) is 0 Å². The summed E-state index contributed by atoms with van der Waals surface area (Å²) in [6, 6.07) is 2.05. The normalized spacial score (nSPS) is 24.6. The molecule has 1 aromatic rings. The lowest BCUT2D eigenvalue weighted by Crippen LogP contribution is -2.34. The Balaban J connectivity index is 1.75. The van der Waals surface area contributed by atoms with Gasteiger partial charge in [-0.05, 0) is 6.42 Å². The van der Waals surface area contributed by atoms with E-state index in [1.54, 1.807) is 6.33 Å². The van der Waals surface area contributed by atoms with E-state index in [-0.39, 0.29) is 0 Å². The molecular formula is C13H17N3O2. The molecule has 5 heteroatoms. The number of nitrogens with zero attached hydrogens (tertiary/aromatic N) is 3. The zero-order valence-corrected chi connectivity index (χ0v) is 10.3. The number of hydrogen-bond donors (Lipinski definition) is 0. The molecular weight excluding hydrogens is 230 g/mol. The average Bonchev–Trinajstić information content (AvgIpc) is 2.94. The van der Waals surface area contributed by atoms with Gasteiger partial charge in [0.15, 0.2) is 0 Å². The fraction of sp³-hybridized carbons (Fsp3) is 0.615. The van der Waals surface area contributed by atoms with Crippen molar-refractivity contribution in [1.82, 2.24) is 9.97 Å². The molecule has 3 heterocycles. The van der Waals surface area contributed by atoms with E-state index >= 15 is 0 Å². The Morgan fingerprint density at radius 3 is 2.83 bits per heavy atom. The van der Waals surface area contributed by atoms with Crippen LogP contribution in [-0.4, -0.2) is 42.1 Å². The maximum absolute atomic E-state index is 11.2. The van der Waals surface area contributed by atoms with Gasteiger partial charge in [0, 0.05) is 44.5 Å². The van der Waals surface area contributed by atoms with Gasteiger partial charge in [0.05, 0.1) is 12.3 Å². The molecule has 18 heavy (non-hydrogen) atoms. The summed E-state index contributed by atoms with van der Waals surface area (Å²) >= 11 is 0. The van der Waals surface area contributed by atoms with Crippen molar-refractivity contribution in [2.45, 2.75) is 25.2 Å². The quantitative estimate of drug-likeness (QED) is 0.784. The van der Waals surface area contributed by atoms with E-state index in [1.165, 1.54) is 0 Å². The van der Waals surface area contributed by atoms with Gasteiger partial charge in [-0.15, -0.1) is 0 Å². The molecule has 0 aliphatic carbocycles. The van der Waals surface area contributed by atoms with E-state index in [4.69, 9.17) is 4.74 Å². The molecule has 0 amide bonds. The predicted octanol–water partition coefficient (Wildman–Crippen LogP) is 1.15. The van der Waals surface area contributed by atoms with Crippen LogP contribution in [0.1, 0.15) is 30.9 Å². The number of ketones is 1. The van der Waals surface area contributed by atoms with Gasteiger partial charge < -0.3 is 9.64 Å².